The predicted molar refractivity (Wildman–Crippen MR) is 65.8 cm³/mol. The normalized spacial score (nSPS) is 20.7. The summed E-state index contributed by atoms with van der Waals surface area (Å²) >= 11 is 0. The van der Waals surface area contributed by atoms with E-state index in [1.54, 1.807) is 0 Å². The molecule has 1 aliphatic rings. The molecule has 1 rings (SSSR count). The van der Waals surface area contributed by atoms with Gasteiger partial charge in [0.2, 0.25) is 0 Å². The first kappa shape index (κ1) is 12.5. The molecule has 0 amide bonds. The van der Waals surface area contributed by atoms with Gasteiger partial charge in [0, 0.05) is 0 Å². The molecule has 0 bridgehead atoms. The van der Waals surface area contributed by atoms with Gasteiger partial charge in [-0.1, -0.05) is 12.8 Å². The summed E-state index contributed by atoms with van der Waals surface area (Å²) in [7, 11) is 0. The van der Waals surface area contributed by atoms with Gasteiger partial charge in [-0.25, -0.2) is 0 Å². The van der Waals surface area contributed by atoms with Gasteiger partial charge in [0.15, 0.2) is 0 Å². The minimum Gasteiger partial charge on any atom is -0.316 e. The molecule has 0 saturated carbocycles. The lowest BCUT2D eigenvalue weighted by atomic mass is 10.0. The zero-order chi connectivity index (χ0) is 10.9. The maximum Gasteiger partial charge on any atom is 0.0598 e. The van der Waals surface area contributed by atoms with Crippen LogP contribution in [0, 0.1) is 18.3 Å². The van der Waals surface area contributed by atoms with Crippen LogP contribution in [0.25, 0.3) is 0 Å². The Labute approximate surface area is 94.4 Å². The summed E-state index contributed by atoms with van der Waals surface area (Å²) in [4.78, 5) is 2.39. The zero-order valence-corrected chi connectivity index (χ0v) is 9.97. The summed E-state index contributed by atoms with van der Waals surface area (Å²) in [5.41, 5.74) is 0. The lowest BCUT2D eigenvalue weighted by Gasteiger charge is -2.19. The second kappa shape index (κ2) is 7.73. The SMILES string of the molecule is C#CCN(CCC)CCCC1CCNC1. The number of nitrogens with zero attached hydrogens (tertiary/aromatic N) is 1. The number of rotatable bonds is 7. The third-order valence-corrected chi connectivity index (χ3v) is 3.10. The topological polar surface area (TPSA) is 15.3 Å². The number of hydrogen-bond acceptors (Lipinski definition) is 2. The summed E-state index contributed by atoms with van der Waals surface area (Å²) in [6, 6.07) is 0. The van der Waals surface area contributed by atoms with Crippen molar-refractivity contribution in [2.75, 3.05) is 32.7 Å². The van der Waals surface area contributed by atoms with Gasteiger partial charge >= 0.3 is 0 Å². The van der Waals surface area contributed by atoms with Crippen molar-refractivity contribution < 1.29 is 0 Å². The van der Waals surface area contributed by atoms with Crippen molar-refractivity contribution >= 4 is 0 Å². The number of terminal acetylenes is 1. The maximum absolute atomic E-state index is 5.35. The van der Waals surface area contributed by atoms with Gasteiger partial charge in [0.1, 0.15) is 0 Å². The highest BCUT2D eigenvalue weighted by Gasteiger charge is 2.14. The fourth-order valence-corrected chi connectivity index (χ4v) is 2.28. The van der Waals surface area contributed by atoms with Crippen LogP contribution in [0.15, 0.2) is 0 Å². The van der Waals surface area contributed by atoms with Gasteiger partial charge in [-0.2, -0.15) is 0 Å². The highest BCUT2D eigenvalue weighted by atomic mass is 15.1. The third kappa shape index (κ3) is 5.20. The quantitative estimate of drug-likeness (QED) is 0.641. The predicted octanol–water partition coefficient (Wildman–Crippen LogP) is 1.72. The Hall–Kier alpha value is -0.520. The summed E-state index contributed by atoms with van der Waals surface area (Å²) in [6.45, 7) is 7.79. The first-order valence-electron chi connectivity index (χ1n) is 6.23. The van der Waals surface area contributed by atoms with E-state index in [-0.39, 0.29) is 0 Å². The van der Waals surface area contributed by atoms with Crippen LogP contribution < -0.4 is 5.32 Å². The molecule has 0 aliphatic carbocycles. The first-order valence-corrected chi connectivity index (χ1v) is 6.23. The molecule has 0 radical (unpaired) electrons. The van der Waals surface area contributed by atoms with E-state index in [1.165, 1.54) is 45.3 Å². The van der Waals surface area contributed by atoms with Crippen molar-refractivity contribution in [1.82, 2.24) is 10.2 Å². The molecule has 1 fully saturated rings. The molecule has 1 N–H and O–H groups in total. The summed E-state index contributed by atoms with van der Waals surface area (Å²) in [5, 5.41) is 3.41. The molecule has 1 aliphatic heterocycles. The molecule has 0 aromatic rings. The minimum absolute atomic E-state index is 0.816. The molecule has 0 aromatic heterocycles. The fourth-order valence-electron chi connectivity index (χ4n) is 2.28. The van der Waals surface area contributed by atoms with Crippen LogP contribution in [0.3, 0.4) is 0 Å². The Bertz CT molecular complexity index is 189. The van der Waals surface area contributed by atoms with E-state index in [0.29, 0.717) is 0 Å². The fraction of sp³-hybridized carbons (Fsp3) is 0.846. The van der Waals surface area contributed by atoms with Crippen molar-refractivity contribution in [2.24, 2.45) is 5.92 Å². The van der Waals surface area contributed by atoms with Crippen molar-refractivity contribution in [3.05, 3.63) is 0 Å². The first-order chi connectivity index (χ1) is 7.36. The largest absolute Gasteiger partial charge is 0.316 e. The number of nitrogens with one attached hydrogen (secondary N) is 1. The molecule has 1 atom stereocenters. The van der Waals surface area contributed by atoms with Crippen LogP contribution in [0.4, 0.5) is 0 Å². The second-order valence-electron chi connectivity index (χ2n) is 4.48. The lowest BCUT2D eigenvalue weighted by molar-refractivity contribution is 0.291. The van der Waals surface area contributed by atoms with E-state index in [1.807, 2.05) is 0 Å². The highest BCUT2D eigenvalue weighted by molar-refractivity contribution is 4.88. The van der Waals surface area contributed by atoms with Crippen molar-refractivity contribution in [3.63, 3.8) is 0 Å². The average Bonchev–Trinajstić information content (AvgIpc) is 2.71. The molecule has 15 heavy (non-hydrogen) atoms. The van der Waals surface area contributed by atoms with Gasteiger partial charge in [-0.15, -0.1) is 6.42 Å². The van der Waals surface area contributed by atoms with E-state index in [0.717, 1.165) is 19.0 Å². The van der Waals surface area contributed by atoms with E-state index in [2.05, 4.69) is 23.1 Å². The Morgan fingerprint density at radius 2 is 2.33 bits per heavy atom. The Morgan fingerprint density at radius 1 is 1.47 bits per heavy atom. The average molecular weight is 208 g/mol. The smallest absolute Gasteiger partial charge is 0.0598 e. The molecular weight excluding hydrogens is 184 g/mol. The van der Waals surface area contributed by atoms with Crippen molar-refractivity contribution in [2.45, 2.75) is 32.6 Å². The van der Waals surface area contributed by atoms with E-state index >= 15 is 0 Å². The molecule has 0 spiro atoms. The van der Waals surface area contributed by atoms with Crippen LogP contribution in [-0.4, -0.2) is 37.6 Å². The Morgan fingerprint density at radius 3 is 2.93 bits per heavy atom. The van der Waals surface area contributed by atoms with Gasteiger partial charge in [-0.05, 0) is 57.8 Å². The Kier molecular flexibility index (Phi) is 6.47. The van der Waals surface area contributed by atoms with Crippen LogP contribution in [-0.2, 0) is 0 Å². The summed E-state index contributed by atoms with van der Waals surface area (Å²) in [6.07, 6.45) is 10.6. The van der Waals surface area contributed by atoms with Gasteiger partial charge < -0.3 is 5.32 Å². The van der Waals surface area contributed by atoms with Crippen molar-refractivity contribution in [1.29, 1.82) is 0 Å². The molecule has 86 valence electrons. The van der Waals surface area contributed by atoms with Crippen LogP contribution in [0.2, 0.25) is 0 Å². The number of hydrogen-bond donors (Lipinski definition) is 1. The van der Waals surface area contributed by atoms with Crippen LogP contribution >= 0.6 is 0 Å². The zero-order valence-electron chi connectivity index (χ0n) is 9.97. The monoisotopic (exact) mass is 208 g/mol. The lowest BCUT2D eigenvalue weighted by Crippen LogP contribution is -2.26. The highest BCUT2D eigenvalue weighted by Crippen LogP contribution is 2.14. The van der Waals surface area contributed by atoms with E-state index < -0.39 is 0 Å². The third-order valence-electron chi connectivity index (χ3n) is 3.10. The molecular formula is C13H24N2. The van der Waals surface area contributed by atoms with Crippen LogP contribution in [0.1, 0.15) is 32.6 Å². The Balaban J connectivity index is 2.07. The molecule has 2 heteroatoms. The summed E-state index contributed by atoms with van der Waals surface area (Å²) < 4.78 is 0. The van der Waals surface area contributed by atoms with Crippen LogP contribution in [0.5, 0.6) is 0 Å². The second-order valence-corrected chi connectivity index (χ2v) is 4.48. The molecule has 1 heterocycles. The molecule has 0 aromatic carbocycles. The maximum atomic E-state index is 5.35. The van der Waals surface area contributed by atoms with Crippen molar-refractivity contribution in [3.8, 4) is 12.3 Å². The molecule has 1 saturated heterocycles. The minimum atomic E-state index is 0.816. The van der Waals surface area contributed by atoms with E-state index in [4.69, 9.17) is 6.42 Å². The van der Waals surface area contributed by atoms with Gasteiger partial charge in [0.25, 0.3) is 0 Å². The standard InChI is InChI=1S/C13H24N2/c1-3-9-15(10-4-2)11-5-6-13-7-8-14-12-13/h1,13-14H,4-12H2,2H3. The summed E-state index contributed by atoms with van der Waals surface area (Å²) in [5.74, 6) is 3.66. The van der Waals surface area contributed by atoms with Gasteiger partial charge in [-0.3, -0.25) is 4.90 Å². The van der Waals surface area contributed by atoms with E-state index in [9.17, 15) is 0 Å². The van der Waals surface area contributed by atoms with Gasteiger partial charge in [0.05, 0.1) is 6.54 Å². The molecule has 1 unspecified atom stereocenters. The molecule has 2 nitrogen and oxygen atoms in total.